The van der Waals surface area contributed by atoms with Crippen LogP contribution in [-0.4, -0.2) is 49.6 Å². The molecule has 0 spiro atoms. The lowest BCUT2D eigenvalue weighted by molar-refractivity contribution is -0.119. The lowest BCUT2D eigenvalue weighted by Gasteiger charge is -2.47. The van der Waals surface area contributed by atoms with Gasteiger partial charge in [-0.25, -0.2) is 14.8 Å². The SMILES string of the molecule is CC(C)[C@@]1(CC(C)(C)O)CCN([C@@H](C)c2ccc(-c3cnc(C(=O)CC4CC4)nc3)cc2)C(=O)O1. The van der Waals surface area contributed by atoms with Crippen molar-refractivity contribution in [2.24, 2.45) is 11.8 Å². The van der Waals surface area contributed by atoms with Crippen LogP contribution in [0.1, 0.15) is 88.9 Å². The average molecular weight is 480 g/mol. The van der Waals surface area contributed by atoms with Gasteiger partial charge in [0.15, 0.2) is 11.6 Å². The molecule has 1 saturated carbocycles. The number of benzene rings is 1. The van der Waals surface area contributed by atoms with Gasteiger partial charge in [-0.1, -0.05) is 38.1 Å². The summed E-state index contributed by atoms with van der Waals surface area (Å²) in [5.74, 6) is 0.922. The van der Waals surface area contributed by atoms with Crippen LogP contribution in [0.4, 0.5) is 4.79 Å². The summed E-state index contributed by atoms with van der Waals surface area (Å²) in [6, 6.07) is 7.82. The highest BCUT2D eigenvalue weighted by molar-refractivity contribution is 5.92. The van der Waals surface area contributed by atoms with Crippen molar-refractivity contribution in [2.45, 2.75) is 84.0 Å². The van der Waals surface area contributed by atoms with Crippen LogP contribution in [0, 0.1) is 11.8 Å². The Balaban J connectivity index is 1.42. The van der Waals surface area contributed by atoms with E-state index in [1.54, 1.807) is 31.1 Å². The molecule has 2 aromatic rings. The van der Waals surface area contributed by atoms with Crippen molar-refractivity contribution < 1.29 is 19.4 Å². The monoisotopic (exact) mass is 479 g/mol. The Morgan fingerprint density at radius 1 is 1.14 bits per heavy atom. The van der Waals surface area contributed by atoms with E-state index in [4.69, 9.17) is 4.74 Å². The molecule has 188 valence electrons. The van der Waals surface area contributed by atoms with Crippen molar-refractivity contribution in [3.05, 3.63) is 48.0 Å². The largest absolute Gasteiger partial charge is 0.442 e. The predicted octanol–water partition coefficient (Wildman–Crippen LogP) is 5.59. The summed E-state index contributed by atoms with van der Waals surface area (Å²) in [5.41, 5.74) is 1.22. The van der Waals surface area contributed by atoms with Crippen LogP contribution in [0.3, 0.4) is 0 Å². The van der Waals surface area contributed by atoms with Crippen molar-refractivity contribution in [2.75, 3.05) is 6.54 Å². The van der Waals surface area contributed by atoms with Gasteiger partial charge in [-0.05, 0) is 56.6 Å². The van der Waals surface area contributed by atoms with E-state index >= 15 is 0 Å². The van der Waals surface area contributed by atoms with Crippen molar-refractivity contribution in [3.63, 3.8) is 0 Å². The minimum atomic E-state index is -0.916. The van der Waals surface area contributed by atoms with E-state index in [0.29, 0.717) is 31.7 Å². The zero-order chi connectivity index (χ0) is 25.4. The van der Waals surface area contributed by atoms with Gasteiger partial charge in [-0.2, -0.15) is 0 Å². The topological polar surface area (TPSA) is 92.6 Å². The first-order valence-corrected chi connectivity index (χ1v) is 12.6. The first-order valence-electron chi connectivity index (χ1n) is 12.6. The van der Waals surface area contributed by atoms with Crippen LogP contribution in [0.15, 0.2) is 36.7 Å². The van der Waals surface area contributed by atoms with E-state index in [2.05, 4.69) is 9.97 Å². The Morgan fingerprint density at radius 2 is 1.77 bits per heavy atom. The van der Waals surface area contributed by atoms with Gasteiger partial charge in [0.05, 0.1) is 11.6 Å². The van der Waals surface area contributed by atoms with Gasteiger partial charge in [0.2, 0.25) is 0 Å². The number of hydrogen-bond donors (Lipinski definition) is 1. The maximum absolute atomic E-state index is 13.0. The Kier molecular flexibility index (Phi) is 7.00. The number of amides is 1. The fourth-order valence-electron chi connectivity index (χ4n) is 4.93. The van der Waals surface area contributed by atoms with Crippen molar-refractivity contribution in [3.8, 4) is 11.1 Å². The Labute approximate surface area is 207 Å². The summed E-state index contributed by atoms with van der Waals surface area (Å²) in [6.45, 7) is 10.2. The second-order valence-electron chi connectivity index (χ2n) is 11.2. The summed E-state index contributed by atoms with van der Waals surface area (Å²) in [7, 11) is 0. The number of ketones is 1. The van der Waals surface area contributed by atoms with Gasteiger partial charge in [-0.15, -0.1) is 0 Å². The second-order valence-corrected chi connectivity index (χ2v) is 11.2. The third-order valence-corrected chi connectivity index (χ3v) is 7.35. The molecule has 2 heterocycles. The van der Waals surface area contributed by atoms with Gasteiger partial charge in [-0.3, -0.25) is 4.79 Å². The summed E-state index contributed by atoms with van der Waals surface area (Å²) in [5, 5.41) is 10.4. The highest BCUT2D eigenvalue weighted by Crippen LogP contribution is 2.40. The van der Waals surface area contributed by atoms with Crippen molar-refractivity contribution in [1.82, 2.24) is 14.9 Å². The molecule has 1 N–H and O–H groups in total. The highest BCUT2D eigenvalue weighted by Gasteiger charge is 2.47. The molecule has 2 atom stereocenters. The Bertz CT molecular complexity index is 1060. The molecule has 4 rings (SSSR count). The minimum Gasteiger partial charge on any atom is -0.442 e. The normalized spacial score (nSPS) is 21.7. The van der Waals surface area contributed by atoms with Gasteiger partial charge in [0.1, 0.15) is 5.60 Å². The number of nitrogens with zero attached hydrogens (tertiary/aromatic N) is 3. The molecule has 1 aromatic heterocycles. The molecule has 1 aliphatic carbocycles. The molecule has 0 radical (unpaired) electrons. The molecular weight excluding hydrogens is 442 g/mol. The van der Waals surface area contributed by atoms with E-state index in [1.807, 2.05) is 45.0 Å². The number of rotatable bonds is 9. The molecule has 1 aromatic carbocycles. The predicted molar refractivity (Wildman–Crippen MR) is 134 cm³/mol. The van der Waals surface area contributed by atoms with Gasteiger partial charge in [0.25, 0.3) is 0 Å². The third-order valence-electron chi connectivity index (χ3n) is 7.35. The molecule has 2 aliphatic rings. The fourth-order valence-corrected chi connectivity index (χ4v) is 4.93. The van der Waals surface area contributed by atoms with Crippen LogP contribution < -0.4 is 0 Å². The minimum absolute atomic E-state index is 0.0145. The van der Waals surface area contributed by atoms with E-state index in [0.717, 1.165) is 29.5 Å². The molecule has 7 heteroatoms. The maximum atomic E-state index is 13.0. The number of ether oxygens (including phenoxy) is 1. The van der Waals surface area contributed by atoms with Crippen LogP contribution in [0.5, 0.6) is 0 Å². The first kappa shape index (κ1) is 25.3. The lowest BCUT2D eigenvalue weighted by Crippen LogP contribution is -2.55. The maximum Gasteiger partial charge on any atom is 0.410 e. The summed E-state index contributed by atoms with van der Waals surface area (Å²) in [4.78, 5) is 35.6. The van der Waals surface area contributed by atoms with Gasteiger partial charge < -0.3 is 14.7 Å². The molecule has 2 fully saturated rings. The van der Waals surface area contributed by atoms with Crippen LogP contribution in [0.25, 0.3) is 11.1 Å². The fraction of sp³-hybridized carbons (Fsp3) is 0.571. The quantitative estimate of drug-likeness (QED) is 0.472. The highest BCUT2D eigenvalue weighted by atomic mass is 16.6. The summed E-state index contributed by atoms with van der Waals surface area (Å²) < 4.78 is 6.00. The molecule has 1 aliphatic heterocycles. The standard InChI is InChI=1S/C28H37N3O4/c1-18(2)28(17-27(4,5)34)12-13-31(26(33)35-28)19(3)21-8-10-22(11-9-21)23-15-29-25(30-16-23)24(32)14-20-6-7-20/h8-11,15-16,18-20,34H,6-7,12-14,17H2,1-5H3/t19-,28-/m0/s1. The molecule has 1 amide bonds. The number of carbonyl (C=O) groups excluding carboxylic acids is 2. The van der Waals surface area contributed by atoms with E-state index in [9.17, 15) is 14.7 Å². The number of carbonyl (C=O) groups is 2. The molecule has 1 saturated heterocycles. The van der Waals surface area contributed by atoms with E-state index in [1.165, 1.54) is 0 Å². The third kappa shape index (κ3) is 5.89. The zero-order valence-corrected chi connectivity index (χ0v) is 21.5. The average Bonchev–Trinajstić information content (AvgIpc) is 3.62. The smallest absolute Gasteiger partial charge is 0.410 e. The zero-order valence-electron chi connectivity index (χ0n) is 21.5. The first-order chi connectivity index (χ1) is 16.5. The number of aliphatic hydroxyl groups is 1. The lowest BCUT2D eigenvalue weighted by atomic mass is 9.77. The Hall–Kier alpha value is -2.80. The van der Waals surface area contributed by atoms with Crippen molar-refractivity contribution in [1.29, 1.82) is 0 Å². The Morgan fingerprint density at radius 3 is 2.29 bits per heavy atom. The molecular formula is C28H37N3O4. The molecule has 0 unspecified atom stereocenters. The summed E-state index contributed by atoms with van der Waals surface area (Å²) in [6.07, 6.45) is 6.93. The van der Waals surface area contributed by atoms with E-state index in [-0.39, 0.29) is 29.7 Å². The van der Waals surface area contributed by atoms with E-state index < -0.39 is 11.2 Å². The number of Topliss-reactive ketones (excluding diaryl/α,β-unsaturated/α-hetero) is 1. The van der Waals surface area contributed by atoms with Gasteiger partial charge >= 0.3 is 6.09 Å². The molecule has 0 bridgehead atoms. The summed E-state index contributed by atoms with van der Waals surface area (Å²) >= 11 is 0. The number of cyclic esters (lactones) is 1. The van der Waals surface area contributed by atoms with Crippen molar-refractivity contribution >= 4 is 11.9 Å². The van der Waals surface area contributed by atoms with Crippen LogP contribution in [-0.2, 0) is 4.74 Å². The second kappa shape index (κ2) is 9.69. The van der Waals surface area contributed by atoms with Gasteiger partial charge in [0, 0.05) is 43.8 Å². The number of aromatic nitrogens is 2. The molecule has 35 heavy (non-hydrogen) atoms. The van der Waals surface area contributed by atoms with Crippen LogP contribution >= 0.6 is 0 Å². The molecule has 7 nitrogen and oxygen atoms in total. The number of hydrogen-bond acceptors (Lipinski definition) is 6. The van der Waals surface area contributed by atoms with Crippen LogP contribution in [0.2, 0.25) is 0 Å².